The highest BCUT2D eigenvalue weighted by Gasteiger charge is 2.20. The van der Waals surface area contributed by atoms with Gasteiger partial charge in [0.1, 0.15) is 22.5 Å². The maximum Gasteiger partial charge on any atom is 0.360 e. The molecular weight excluding hydrogens is 373 g/mol. The topological polar surface area (TPSA) is 68.7 Å². The molecule has 0 fully saturated rings. The van der Waals surface area contributed by atoms with Crippen molar-refractivity contribution in [1.29, 1.82) is 0 Å². The van der Waals surface area contributed by atoms with Crippen molar-refractivity contribution in [2.24, 2.45) is 0 Å². The molecule has 3 rings (SSSR count). The third kappa shape index (κ3) is 4.28. The number of rotatable bonds is 6. The molecule has 27 heavy (non-hydrogen) atoms. The Morgan fingerprint density at radius 1 is 1.15 bits per heavy atom. The summed E-state index contributed by atoms with van der Waals surface area (Å²) in [5.41, 5.74) is -0.248. The van der Waals surface area contributed by atoms with Gasteiger partial charge in [0, 0.05) is 10.8 Å². The fourth-order valence-corrected chi connectivity index (χ4v) is 2.71. The highest BCUT2D eigenvalue weighted by atomic mass is 35.5. The van der Waals surface area contributed by atoms with E-state index in [1.807, 2.05) is 6.92 Å². The van der Waals surface area contributed by atoms with E-state index in [0.717, 1.165) is 6.42 Å². The van der Waals surface area contributed by atoms with Crippen LogP contribution >= 0.6 is 11.6 Å². The molecule has 0 bridgehead atoms. The van der Waals surface area contributed by atoms with Gasteiger partial charge in [-0.15, -0.1) is 0 Å². The van der Waals surface area contributed by atoms with E-state index in [1.54, 1.807) is 12.1 Å². The van der Waals surface area contributed by atoms with Crippen LogP contribution in [0.2, 0.25) is 5.15 Å². The van der Waals surface area contributed by atoms with Crippen LogP contribution in [0.25, 0.3) is 10.8 Å². The predicted molar refractivity (Wildman–Crippen MR) is 100 cm³/mol. The number of aromatic nitrogens is 1. The molecule has 0 spiro atoms. The maximum absolute atomic E-state index is 13.0. The molecule has 5 nitrogen and oxygen atoms in total. The molecule has 0 aliphatic heterocycles. The molecule has 1 N–H and O–H groups in total. The molecule has 3 aromatic rings. The summed E-state index contributed by atoms with van der Waals surface area (Å²) >= 11 is 6.16. The number of benzene rings is 2. The smallest absolute Gasteiger partial charge is 0.360 e. The summed E-state index contributed by atoms with van der Waals surface area (Å²) in [5.74, 6) is -0.635. The summed E-state index contributed by atoms with van der Waals surface area (Å²) in [7, 11) is 0. The summed E-state index contributed by atoms with van der Waals surface area (Å²) in [5, 5.41) is 11.3. The van der Waals surface area contributed by atoms with E-state index < -0.39 is 5.97 Å². The predicted octanol–water partition coefficient (Wildman–Crippen LogP) is 5.48. The Morgan fingerprint density at radius 2 is 1.85 bits per heavy atom. The van der Waals surface area contributed by atoms with Crippen LogP contribution in [0.15, 0.2) is 42.5 Å². The lowest BCUT2D eigenvalue weighted by molar-refractivity contribution is 0.0489. The number of esters is 1. The number of pyridine rings is 1. The summed E-state index contributed by atoms with van der Waals surface area (Å²) in [4.78, 5) is 16.1. The van der Waals surface area contributed by atoms with Crippen LogP contribution in [0.3, 0.4) is 0 Å². The van der Waals surface area contributed by atoms with Gasteiger partial charge in [-0.2, -0.15) is 0 Å². The second kappa shape index (κ2) is 8.22. The third-order valence-corrected chi connectivity index (χ3v) is 4.16. The number of halogens is 2. The van der Waals surface area contributed by atoms with Crippen molar-refractivity contribution >= 4 is 28.3 Å². The molecule has 140 valence electrons. The number of hydrogen-bond acceptors (Lipinski definition) is 5. The van der Waals surface area contributed by atoms with Gasteiger partial charge in [-0.05, 0) is 48.9 Å². The lowest BCUT2D eigenvalue weighted by atomic mass is 10.1. The average molecular weight is 390 g/mol. The minimum Gasteiger partial charge on any atom is -0.505 e. The zero-order chi connectivity index (χ0) is 19.4. The molecule has 0 saturated heterocycles. The minimum absolute atomic E-state index is 0.0681. The molecule has 0 aliphatic carbocycles. The number of nitrogens with zero attached hydrogens (tertiary/aromatic N) is 1. The first-order chi connectivity index (χ1) is 13.0. The van der Waals surface area contributed by atoms with Gasteiger partial charge in [-0.3, -0.25) is 0 Å². The van der Waals surface area contributed by atoms with E-state index in [9.17, 15) is 14.3 Å². The number of carbonyl (C=O) groups excluding carboxylic acids is 1. The van der Waals surface area contributed by atoms with Crippen molar-refractivity contribution in [2.75, 3.05) is 6.61 Å². The van der Waals surface area contributed by atoms with Gasteiger partial charge in [0.15, 0.2) is 11.4 Å². The van der Waals surface area contributed by atoms with Crippen molar-refractivity contribution in [1.82, 2.24) is 4.98 Å². The highest BCUT2D eigenvalue weighted by molar-refractivity contribution is 6.34. The standard InChI is InChI=1S/C20H17ClFNO4/c1-2-3-10-26-20(25)17-18(24)16-11-14(8-9-15(16)19(21)23-17)27-13-6-4-12(22)5-7-13/h4-9,11,24H,2-3,10H2,1H3. The molecule has 0 amide bonds. The van der Waals surface area contributed by atoms with E-state index >= 15 is 0 Å². The van der Waals surface area contributed by atoms with Gasteiger partial charge in [-0.25, -0.2) is 14.2 Å². The zero-order valence-electron chi connectivity index (χ0n) is 14.5. The van der Waals surface area contributed by atoms with Gasteiger partial charge in [0.2, 0.25) is 0 Å². The maximum atomic E-state index is 13.0. The second-order valence-electron chi connectivity index (χ2n) is 5.85. The Kier molecular flexibility index (Phi) is 5.76. The summed E-state index contributed by atoms with van der Waals surface area (Å²) in [6.45, 7) is 2.21. The van der Waals surface area contributed by atoms with Crippen LogP contribution in [-0.4, -0.2) is 22.7 Å². The zero-order valence-corrected chi connectivity index (χ0v) is 15.3. The fraction of sp³-hybridized carbons (Fsp3) is 0.200. The third-order valence-electron chi connectivity index (χ3n) is 3.88. The largest absolute Gasteiger partial charge is 0.505 e. The second-order valence-corrected chi connectivity index (χ2v) is 6.21. The lowest BCUT2D eigenvalue weighted by Gasteiger charge is -2.11. The molecule has 1 aromatic heterocycles. The van der Waals surface area contributed by atoms with Crippen molar-refractivity contribution < 1.29 is 23.8 Å². The summed E-state index contributed by atoms with van der Waals surface area (Å²) < 4.78 is 23.8. The summed E-state index contributed by atoms with van der Waals surface area (Å²) in [6, 6.07) is 10.3. The van der Waals surface area contributed by atoms with Crippen LogP contribution in [0.5, 0.6) is 17.2 Å². The molecule has 0 atom stereocenters. The van der Waals surface area contributed by atoms with Crippen molar-refractivity contribution in [3.63, 3.8) is 0 Å². The van der Waals surface area contributed by atoms with E-state index in [1.165, 1.54) is 30.3 Å². The number of fused-ring (bicyclic) bond motifs is 1. The van der Waals surface area contributed by atoms with Gasteiger partial charge < -0.3 is 14.6 Å². The molecular formula is C20H17ClFNO4. The molecule has 2 aromatic carbocycles. The monoisotopic (exact) mass is 389 g/mol. The Morgan fingerprint density at radius 3 is 2.56 bits per heavy atom. The first-order valence-electron chi connectivity index (χ1n) is 8.42. The van der Waals surface area contributed by atoms with Gasteiger partial charge in [0.25, 0.3) is 0 Å². The Labute approximate surface area is 160 Å². The summed E-state index contributed by atoms with van der Waals surface area (Å²) in [6.07, 6.45) is 1.58. The van der Waals surface area contributed by atoms with E-state index in [-0.39, 0.29) is 29.0 Å². The fourth-order valence-electron chi connectivity index (χ4n) is 2.46. The quantitative estimate of drug-likeness (QED) is 0.343. The van der Waals surface area contributed by atoms with Crippen molar-refractivity contribution in [2.45, 2.75) is 19.8 Å². The van der Waals surface area contributed by atoms with Crippen molar-refractivity contribution in [3.05, 3.63) is 59.1 Å². The molecule has 0 radical (unpaired) electrons. The van der Waals surface area contributed by atoms with Crippen molar-refractivity contribution in [3.8, 4) is 17.2 Å². The number of carbonyl (C=O) groups is 1. The van der Waals surface area contributed by atoms with Crippen LogP contribution in [0, 0.1) is 5.82 Å². The Hall–Kier alpha value is -2.86. The SMILES string of the molecule is CCCCOC(=O)c1nc(Cl)c2ccc(Oc3ccc(F)cc3)cc2c1O. The van der Waals surface area contributed by atoms with Gasteiger partial charge in [-0.1, -0.05) is 24.9 Å². The molecule has 0 aliphatic rings. The first kappa shape index (κ1) is 18.9. The number of hydrogen-bond donors (Lipinski definition) is 1. The van der Waals surface area contributed by atoms with Gasteiger partial charge >= 0.3 is 5.97 Å². The lowest BCUT2D eigenvalue weighted by Crippen LogP contribution is -2.09. The number of ether oxygens (including phenoxy) is 2. The first-order valence-corrected chi connectivity index (χ1v) is 8.80. The van der Waals surface area contributed by atoms with E-state index in [0.29, 0.717) is 28.7 Å². The molecule has 1 heterocycles. The average Bonchev–Trinajstić information content (AvgIpc) is 2.66. The Balaban J connectivity index is 1.95. The van der Waals surface area contributed by atoms with E-state index in [2.05, 4.69) is 4.98 Å². The molecule has 7 heteroatoms. The number of aromatic hydroxyl groups is 1. The van der Waals surface area contributed by atoms with Crippen LogP contribution in [-0.2, 0) is 4.74 Å². The Bertz CT molecular complexity index is 976. The van der Waals surface area contributed by atoms with Crippen LogP contribution in [0.1, 0.15) is 30.3 Å². The minimum atomic E-state index is -0.741. The van der Waals surface area contributed by atoms with Crippen LogP contribution < -0.4 is 4.74 Å². The number of unbranched alkanes of at least 4 members (excludes halogenated alkanes) is 1. The molecule has 0 unspecified atom stereocenters. The highest BCUT2D eigenvalue weighted by Crippen LogP contribution is 2.36. The normalized spacial score (nSPS) is 10.8. The van der Waals surface area contributed by atoms with Crippen LogP contribution in [0.4, 0.5) is 4.39 Å². The van der Waals surface area contributed by atoms with E-state index in [4.69, 9.17) is 21.1 Å². The molecule has 0 saturated carbocycles. The van der Waals surface area contributed by atoms with Gasteiger partial charge in [0.05, 0.1) is 6.61 Å².